The molecule has 0 bridgehead atoms. The lowest BCUT2D eigenvalue weighted by atomic mass is 10.2. The van der Waals surface area contributed by atoms with Gasteiger partial charge in [0.15, 0.2) is 5.82 Å². The van der Waals surface area contributed by atoms with E-state index in [1.807, 2.05) is 6.92 Å². The fourth-order valence-electron chi connectivity index (χ4n) is 1.91. The molecule has 0 saturated heterocycles. The van der Waals surface area contributed by atoms with Crippen LogP contribution in [-0.4, -0.2) is 23.6 Å². The van der Waals surface area contributed by atoms with Gasteiger partial charge in [-0.2, -0.15) is 18.2 Å². The number of aromatic nitrogens is 2. The molecular weight excluding hydrogens is 331 g/mol. The van der Waals surface area contributed by atoms with E-state index in [2.05, 4.69) is 9.97 Å². The van der Waals surface area contributed by atoms with Crippen molar-refractivity contribution in [3.8, 4) is 6.01 Å². The van der Waals surface area contributed by atoms with Crippen molar-refractivity contribution in [2.45, 2.75) is 19.5 Å². The van der Waals surface area contributed by atoms with Crippen molar-refractivity contribution < 1.29 is 17.9 Å². The van der Waals surface area contributed by atoms with E-state index in [1.165, 1.54) is 11.9 Å². The van der Waals surface area contributed by atoms with Crippen molar-refractivity contribution in [1.82, 2.24) is 9.97 Å². The first-order valence-corrected chi connectivity index (χ1v) is 7.27. The van der Waals surface area contributed by atoms with Gasteiger partial charge in [-0.25, -0.2) is 4.98 Å². The van der Waals surface area contributed by atoms with Crippen LogP contribution in [0.25, 0.3) is 0 Å². The van der Waals surface area contributed by atoms with Crippen molar-refractivity contribution in [2.75, 3.05) is 18.6 Å². The topological polar surface area (TPSA) is 38.2 Å². The SMILES string of the molecule is CCCOc1ncc(C(F)(F)F)c(N(C)c2ccccc2Cl)n1. The molecule has 2 aromatic rings. The second-order valence-corrected chi connectivity index (χ2v) is 5.15. The van der Waals surface area contributed by atoms with Crippen LogP contribution in [0.5, 0.6) is 6.01 Å². The maximum Gasteiger partial charge on any atom is 0.421 e. The molecule has 0 radical (unpaired) electrons. The van der Waals surface area contributed by atoms with Crippen LogP contribution in [0.3, 0.4) is 0 Å². The Labute approximate surface area is 136 Å². The lowest BCUT2D eigenvalue weighted by Crippen LogP contribution is -2.19. The fraction of sp³-hybridized carbons (Fsp3) is 0.333. The van der Waals surface area contributed by atoms with Gasteiger partial charge in [-0.1, -0.05) is 30.7 Å². The van der Waals surface area contributed by atoms with Gasteiger partial charge in [0.05, 0.1) is 17.3 Å². The van der Waals surface area contributed by atoms with Crippen LogP contribution in [0.2, 0.25) is 5.02 Å². The summed E-state index contributed by atoms with van der Waals surface area (Å²) in [5, 5.41) is 0.317. The van der Waals surface area contributed by atoms with Crippen LogP contribution in [-0.2, 0) is 6.18 Å². The molecule has 0 atom stereocenters. The molecule has 1 aromatic carbocycles. The van der Waals surface area contributed by atoms with Crippen molar-refractivity contribution in [3.05, 3.63) is 41.0 Å². The molecule has 0 aliphatic heterocycles. The number of rotatable bonds is 5. The summed E-state index contributed by atoms with van der Waals surface area (Å²) in [6, 6.07) is 6.47. The zero-order valence-electron chi connectivity index (χ0n) is 12.6. The summed E-state index contributed by atoms with van der Waals surface area (Å²) in [5.74, 6) is -0.313. The van der Waals surface area contributed by atoms with Gasteiger partial charge in [0.25, 0.3) is 0 Å². The number of ether oxygens (including phenoxy) is 1. The van der Waals surface area contributed by atoms with Crippen LogP contribution in [0, 0.1) is 0 Å². The minimum absolute atomic E-state index is 0.103. The van der Waals surface area contributed by atoms with E-state index in [1.54, 1.807) is 24.3 Å². The molecule has 0 saturated carbocycles. The Morgan fingerprint density at radius 1 is 1.26 bits per heavy atom. The lowest BCUT2D eigenvalue weighted by molar-refractivity contribution is -0.137. The molecule has 4 nitrogen and oxygen atoms in total. The minimum atomic E-state index is -4.59. The average Bonchev–Trinajstić information content (AvgIpc) is 2.51. The second kappa shape index (κ2) is 7.04. The largest absolute Gasteiger partial charge is 0.463 e. The predicted molar refractivity (Wildman–Crippen MR) is 82.3 cm³/mol. The molecule has 1 aromatic heterocycles. The number of nitrogens with zero attached hydrogens (tertiary/aromatic N) is 3. The minimum Gasteiger partial charge on any atom is -0.463 e. The van der Waals surface area contributed by atoms with E-state index in [0.717, 1.165) is 6.20 Å². The molecule has 0 amide bonds. The first kappa shape index (κ1) is 17.3. The van der Waals surface area contributed by atoms with Crippen molar-refractivity contribution in [2.24, 2.45) is 0 Å². The Balaban J connectivity index is 2.50. The molecule has 23 heavy (non-hydrogen) atoms. The highest BCUT2D eigenvalue weighted by atomic mass is 35.5. The third-order valence-corrected chi connectivity index (χ3v) is 3.34. The highest BCUT2D eigenvalue weighted by Crippen LogP contribution is 2.39. The normalized spacial score (nSPS) is 11.4. The Bertz CT molecular complexity index is 679. The predicted octanol–water partition coefficient (Wildman–Crippen LogP) is 4.71. The molecule has 8 heteroatoms. The third-order valence-electron chi connectivity index (χ3n) is 3.02. The first-order valence-electron chi connectivity index (χ1n) is 6.90. The summed E-state index contributed by atoms with van der Waals surface area (Å²) >= 11 is 6.06. The van der Waals surface area contributed by atoms with Gasteiger partial charge in [-0.15, -0.1) is 0 Å². The number of para-hydroxylation sites is 1. The van der Waals surface area contributed by atoms with Gasteiger partial charge in [0.2, 0.25) is 0 Å². The van der Waals surface area contributed by atoms with Crippen molar-refractivity contribution in [1.29, 1.82) is 0 Å². The molecule has 0 aliphatic carbocycles. The van der Waals surface area contributed by atoms with Crippen LogP contribution in [0.1, 0.15) is 18.9 Å². The van der Waals surface area contributed by atoms with Gasteiger partial charge >= 0.3 is 12.2 Å². The van der Waals surface area contributed by atoms with Crippen molar-refractivity contribution >= 4 is 23.1 Å². The van der Waals surface area contributed by atoms with Gasteiger partial charge in [-0.05, 0) is 18.6 Å². The van der Waals surface area contributed by atoms with Crippen LogP contribution >= 0.6 is 11.6 Å². The molecule has 0 N–H and O–H groups in total. The zero-order valence-corrected chi connectivity index (χ0v) is 13.3. The second-order valence-electron chi connectivity index (χ2n) is 4.75. The van der Waals surface area contributed by atoms with Gasteiger partial charge in [0.1, 0.15) is 5.56 Å². The van der Waals surface area contributed by atoms with Gasteiger partial charge in [-0.3, -0.25) is 0 Å². The Morgan fingerprint density at radius 2 is 1.96 bits per heavy atom. The molecular formula is C15H15ClF3N3O. The van der Waals surface area contributed by atoms with Crippen LogP contribution in [0.4, 0.5) is 24.7 Å². The number of hydrogen-bond acceptors (Lipinski definition) is 4. The number of halogens is 4. The maximum atomic E-state index is 13.2. The highest BCUT2D eigenvalue weighted by molar-refractivity contribution is 6.33. The summed E-state index contributed by atoms with van der Waals surface area (Å²) in [6.45, 7) is 2.20. The number of alkyl halides is 3. The number of anilines is 2. The van der Waals surface area contributed by atoms with E-state index in [0.29, 0.717) is 23.7 Å². The average molecular weight is 346 g/mol. The summed E-state index contributed by atoms with van der Waals surface area (Å²) < 4.78 is 44.9. The quantitative estimate of drug-likeness (QED) is 0.787. The molecule has 0 fully saturated rings. The van der Waals surface area contributed by atoms with E-state index < -0.39 is 11.7 Å². The third kappa shape index (κ3) is 4.04. The molecule has 0 unspecified atom stereocenters. The zero-order chi connectivity index (χ0) is 17.0. The van der Waals surface area contributed by atoms with E-state index in [-0.39, 0.29) is 11.8 Å². The Hall–Kier alpha value is -2.02. The van der Waals surface area contributed by atoms with E-state index >= 15 is 0 Å². The van der Waals surface area contributed by atoms with Crippen molar-refractivity contribution in [3.63, 3.8) is 0 Å². The van der Waals surface area contributed by atoms with E-state index in [4.69, 9.17) is 16.3 Å². The summed E-state index contributed by atoms with van der Waals surface area (Å²) in [4.78, 5) is 8.81. The maximum absolute atomic E-state index is 13.2. The summed E-state index contributed by atoms with van der Waals surface area (Å²) in [5.41, 5.74) is -0.552. The molecule has 0 aliphatic rings. The molecule has 1 heterocycles. The smallest absolute Gasteiger partial charge is 0.421 e. The Kier molecular flexibility index (Phi) is 5.30. The highest BCUT2D eigenvalue weighted by Gasteiger charge is 2.37. The van der Waals surface area contributed by atoms with Gasteiger partial charge < -0.3 is 9.64 Å². The molecule has 0 spiro atoms. The monoisotopic (exact) mass is 345 g/mol. The Morgan fingerprint density at radius 3 is 2.57 bits per heavy atom. The molecule has 124 valence electrons. The van der Waals surface area contributed by atoms with Crippen LogP contribution in [0.15, 0.2) is 30.5 Å². The van der Waals surface area contributed by atoms with E-state index in [9.17, 15) is 13.2 Å². The van der Waals surface area contributed by atoms with Crippen LogP contribution < -0.4 is 9.64 Å². The number of hydrogen-bond donors (Lipinski definition) is 0. The van der Waals surface area contributed by atoms with Gasteiger partial charge in [0, 0.05) is 13.2 Å². The molecule has 2 rings (SSSR count). The lowest BCUT2D eigenvalue weighted by Gasteiger charge is -2.23. The first-order chi connectivity index (χ1) is 10.8. The summed E-state index contributed by atoms with van der Waals surface area (Å²) in [6.07, 6.45) is -3.17. The summed E-state index contributed by atoms with van der Waals surface area (Å²) in [7, 11) is 1.46. The standard InChI is InChI=1S/C15H15ClF3N3O/c1-3-8-23-14-20-9-10(15(17,18)19)13(21-14)22(2)12-7-5-4-6-11(12)16/h4-7,9H,3,8H2,1-2H3. The number of benzene rings is 1. The fourth-order valence-corrected chi connectivity index (χ4v) is 2.18.